The maximum absolute atomic E-state index is 9.26. The molecule has 0 aliphatic rings. The van der Waals surface area contributed by atoms with Crippen LogP contribution in [0.25, 0.3) is 11.1 Å². The van der Waals surface area contributed by atoms with Crippen molar-refractivity contribution < 1.29 is 9.47 Å². The lowest BCUT2D eigenvalue weighted by Gasteiger charge is -2.13. The normalized spacial score (nSPS) is 10.2. The molecule has 1 aromatic heterocycles. The highest BCUT2D eigenvalue weighted by Crippen LogP contribution is 2.32. The summed E-state index contributed by atoms with van der Waals surface area (Å²) in [6, 6.07) is 31.3. The number of benzene rings is 3. The lowest BCUT2D eigenvalue weighted by Crippen LogP contribution is -1.99. The SMILES string of the molecule is N#Cc1ccc(-c2ccc(OCc3ccccc3)nc2)c(OCc2ccccc2)c1. The van der Waals surface area contributed by atoms with Crippen molar-refractivity contribution in [3.63, 3.8) is 0 Å². The Kier molecular flexibility index (Phi) is 6.02. The van der Waals surface area contributed by atoms with Crippen molar-refractivity contribution in [1.82, 2.24) is 4.98 Å². The molecular weight excluding hydrogens is 372 g/mol. The molecule has 1 heterocycles. The first-order valence-electron chi connectivity index (χ1n) is 9.66. The molecule has 0 bridgehead atoms. The van der Waals surface area contributed by atoms with Gasteiger partial charge in [0.2, 0.25) is 5.88 Å². The molecule has 4 heteroatoms. The molecule has 4 aromatic rings. The topological polar surface area (TPSA) is 55.1 Å². The smallest absolute Gasteiger partial charge is 0.213 e. The molecule has 0 aliphatic carbocycles. The summed E-state index contributed by atoms with van der Waals surface area (Å²) in [6.45, 7) is 0.893. The van der Waals surface area contributed by atoms with Crippen LogP contribution in [0.2, 0.25) is 0 Å². The minimum Gasteiger partial charge on any atom is -0.488 e. The predicted octanol–water partition coefficient (Wildman–Crippen LogP) is 5.78. The molecule has 0 fully saturated rings. The van der Waals surface area contributed by atoms with Crippen molar-refractivity contribution in [2.45, 2.75) is 13.2 Å². The van der Waals surface area contributed by atoms with Crippen LogP contribution in [0.4, 0.5) is 0 Å². The number of hydrogen-bond donors (Lipinski definition) is 0. The first-order chi connectivity index (χ1) is 14.8. The minimum atomic E-state index is 0.425. The number of nitrogens with zero attached hydrogens (tertiary/aromatic N) is 2. The van der Waals surface area contributed by atoms with Crippen LogP contribution < -0.4 is 9.47 Å². The van der Waals surface area contributed by atoms with Crippen LogP contribution in [0, 0.1) is 11.3 Å². The van der Waals surface area contributed by atoms with E-state index in [2.05, 4.69) is 11.1 Å². The highest BCUT2D eigenvalue weighted by molar-refractivity contribution is 5.71. The van der Waals surface area contributed by atoms with Crippen molar-refractivity contribution >= 4 is 0 Å². The van der Waals surface area contributed by atoms with Gasteiger partial charge >= 0.3 is 0 Å². The Bertz CT molecular complexity index is 1140. The molecule has 0 radical (unpaired) electrons. The summed E-state index contributed by atoms with van der Waals surface area (Å²) >= 11 is 0. The van der Waals surface area contributed by atoms with Gasteiger partial charge in [0.05, 0.1) is 11.6 Å². The maximum Gasteiger partial charge on any atom is 0.213 e. The molecule has 0 N–H and O–H groups in total. The van der Waals surface area contributed by atoms with Crippen molar-refractivity contribution in [2.75, 3.05) is 0 Å². The van der Waals surface area contributed by atoms with Crippen LogP contribution in [-0.2, 0) is 13.2 Å². The summed E-state index contributed by atoms with van der Waals surface area (Å²) < 4.78 is 11.8. The molecule has 0 spiro atoms. The molecular formula is C26H20N2O2. The number of pyridine rings is 1. The van der Waals surface area contributed by atoms with E-state index in [1.54, 1.807) is 18.3 Å². The molecule has 0 aliphatic heterocycles. The van der Waals surface area contributed by atoms with Gasteiger partial charge in [-0.15, -0.1) is 0 Å². The number of rotatable bonds is 7. The Hall–Kier alpha value is -4.10. The fraction of sp³-hybridized carbons (Fsp3) is 0.0769. The molecule has 3 aromatic carbocycles. The number of nitriles is 1. The zero-order valence-electron chi connectivity index (χ0n) is 16.4. The van der Waals surface area contributed by atoms with Crippen molar-refractivity contribution in [3.05, 3.63) is 114 Å². The zero-order chi connectivity index (χ0) is 20.6. The largest absolute Gasteiger partial charge is 0.488 e. The van der Waals surface area contributed by atoms with E-state index in [-0.39, 0.29) is 0 Å². The average Bonchev–Trinajstić information content (AvgIpc) is 2.83. The fourth-order valence-corrected chi connectivity index (χ4v) is 3.04. The summed E-state index contributed by atoms with van der Waals surface area (Å²) in [5.74, 6) is 1.21. The Morgan fingerprint density at radius 1 is 0.733 bits per heavy atom. The third-order valence-electron chi connectivity index (χ3n) is 4.62. The molecule has 146 valence electrons. The lowest BCUT2D eigenvalue weighted by molar-refractivity contribution is 0.294. The second kappa shape index (κ2) is 9.40. The quantitative estimate of drug-likeness (QED) is 0.400. The van der Waals surface area contributed by atoms with Gasteiger partial charge in [-0.3, -0.25) is 0 Å². The Morgan fingerprint density at radius 3 is 2.00 bits per heavy atom. The Morgan fingerprint density at radius 2 is 1.40 bits per heavy atom. The van der Waals surface area contributed by atoms with Gasteiger partial charge in [0, 0.05) is 23.4 Å². The summed E-state index contributed by atoms with van der Waals surface area (Å²) in [6.07, 6.45) is 1.76. The van der Waals surface area contributed by atoms with Gasteiger partial charge in [-0.2, -0.15) is 5.26 Å². The van der Waals surface area contributed by atoms with E-state index in [0.717, 1.165) is 22.3 Å². The highest BCUT2D eigenvalue weighted by atomic mass is 16.5. The van der Waals surface area contributed by atoms with Crippen LogP contribution in [0.5, 0.6) is 11.6 Å². The molecule has 0 atom stereocenters. The van der Waals surface area contributed by atoms with Gasteiger partial charge in [0.25, 0.3) is 0 Å². The summed E-state index contributed by atoms with van der Waals surface area (Å²) in [7, 11) is 0. The van der Waals surface area contributed by atoms with E-state index in [1.807, 2.05) is 78.9 Å². The minimum absolute atomic E-state index is 0.425. The van der Waals surface area contributed by atoms with Gasteiger partial charge in [0.1, 0.15) is 19.0 Å². The Labute approximate surface area is 176 Å². The summed E-state index contributed by atoms with van der Waals surface area (Å²) in [5, 5.41) is 9.26. The standard InChI is InChI=1S/C26H20N2O2/c27-16-22-11-13-24(25(15-22)29-18-20-7-3-1-4-8-20)23-12-14-26(28-17-23)30-19-21-9-5-2-6-10-21/h1-15,17H,18-19H2. The molecule has 4 rings (SSSR count). The van der Waals surface area contributed by atoms with Gasteiger partial charge in [-0.25, -0.2) is 4.98 Å². The fourth-order valence-electron chi connectivity index (χ4n) is 3.04. The molecule has 30 heavy (non-hydrogen) atoms. The number of hydrogen-bond acceptors (Lipinski definition) is 4. The third-order valence-corrected chi connectivity index (χ3v) is 4.62. The highest BCUT2D eigenvalue weighted by Gasteiger charge is 2.10. The monoisotopic (exact) mass is 392 g/mol. The first kappa shape index (κ1) is 19.2. The van der Waals surface area contributed by atoms with Crippen LogP contribution in [-0.4, -0.2) is 4.98 Å². The van der Waals surface area contributed by atoms with Crippen LogP contribution in [0.1, 0.15) is 16.7 Å². The predicted molar refractivity (Wildman–Crippen MR) is 116 cm³/mol. The van der Waals surface area contributed by atoms with E-state index in [0.29, 0.717) is 30.4 Å². The van der Waals surface area contributed by atoms with Crippen molar-refractivity contribution in [3.8, 4) is 28.8 Å². The summed E-state index contributed by atoms with van der Waals surface area (Å²) in [5.41, 5.74) is 4.49. The first-order valence-corrected chi connectivity index (χ1v) is 9.66. The number of ether oxygens (including phenoxy) is 2. The molecule has 0 saturated carbocycles. The molecule has 0 unspecified atom stereocenters. The average molecular weight is 392 g/mol. The molecule has 4 nitrogen and oxygen atoms in total. The van der Waals surface area contributed by atoms with Crippen molar-refractivity contribution in [2.24, 2.45) is 0 Å². The van der Waals surface area contributed by atoms with Gasteiger partial charge in [-0.05, 0) is 35.4 Å². The second-order valence-corrected chi connectivity index (χ2v) is 6.76. The van der Waals surface area contributed by atoms with E-state index >= 15 is 0 Å². The zero-order valence-corrected chi connectivity index (χ0v) is 16.4. The van der Waals surface area contributed by atoms with Crippen LogP contribution in [0.3, 0.4) is 0 Å². The summed E-state index contributed by atoms with van der Waals surface area (Å²) in [4.78, 5) is 4.43. The van der Waals surface area contributed by atoms with Gasteiger partial charge in [0.15, 0.2) is 0 Å². The maximum atomic E-state index is 9.26. The Balaban J connectivity index is 1.51. The lowest BCUT2D eigenvalue weighted by atomic mass is 10.0. The molecule has 0 amide bonds. The van der Waals surface area contributed by atoms with E-state index < -0.39 is 0 Å². The number of aromatic nitrogens is 1. The van der Waals surface area contributed by atoms with Crippen LogP contribution in [0.15, 0.2) is 97.2 Å². The van der Waals surface area contributed by atoms with E-state index in [9.17, 15) is 5.26 Å². The second-order valence-electron chi connectivity index (χ2n) is 6.76. The van der Waals surface area contributed by atoms with Crippen molar-refractivity contribution in [1.29, 1.82) is 5.26 Å². The van der Waals surface area contributed by atoms with Gasteiger partial charge < -0.3 is 9.47 Å². The van der Waals surface area contributed by atoms with Crippen LogP contribution >= 0.6 is 0 Å². The van der Waals surface area contributed by atoms with E-state index in [1.165, 1.54) is 0 Å². The van der Waals surface area contributed by atoms with E-state index in [4.69, 9.17) is 9.47 Å². The van der Waals surface area contributed by atoms with Gasteiger partial charge in [-0.1, -0.05) is 60.7 Å². The molecule has 0 saturated heterocycles. The third kappa shape index (κ3) is 4.84.